The summed E-state index contributed by atoms with van der Waals surface area (Å²) in [5.74, 6) is -1.80. The number of fused-ring (bicyclic) bond motifs is 1. The van der Waals surface area contributed by atoms with Crippen molar-refractivity contribution in [1.29, 1.82) is 0 Å². The van der Waals surface area contributed by atoms with E-state index in [2.05, 4.69) is 6.92 Å². The molecule has 1 heterocycles. The fourth-order valence-corrected chi connectivity index (χ4v) is 15.3. The molecule has 0 radical (unpaired) electrons. The van der Waals surface area contributed by atoms with Crippen LogP contribution in [0.1, 0.15) is 222 Å². The molecule has 0 aromatic heterocycles. The van der Waals surface area contributed by atoms with Gasteiger partial charge in [-0.05, 0) is 187 Å². The van der Waals surface area contributed by atoms with Gasteiger partial charge in [-0.15, -0.1) is 0 Å². The van der Waals surface area contributed by atoms with E-state index in [0.717, 1.165) is 96.3 Å². The maximum atomic E-state index is 14.4. The number of carbonyl (C=O) groups excluding carboxylic acids is 6. The van der Waals surface area contributed by atoms with Crippen molar-refractivity contribution < 1.29 is 62.3 Å². The normalized spacial score (nSPS) is 35.1. The van der Waals surface area contributed by atoms with E-state index >= 15 is 0 Å². The minimum absolute atomic E-state index is 0.0506. The van der Waals surface area contributed by atoms with Gasteiger partial charge in [0.05, 0.1) is 33.7 Å². The first-order valence-electron chi connectivity index (χ1n) is 27.6. The first kappa shape index (κ1) is 52.1. The van der Waals surface area contributed by atoms with E-state index in [-0.39, 0.29) is 47.2 Å². The van der Waals surface area contributed by atoms with Crippen LogP contribution in [0.3, 0.4) is 0 Å². The molecule has 69 heavy (non-hydrogen) atoms. The second-order valence-corrected chi connectivity index (χ2v) is 25.4. The van der Waals surface area contributed by atoms with Gasteiger partial charge in [0, 0.05) is 18.3 Å². The molecule has 388 valence electrons. The molecule has 13 heteroatoms. The van der Waals surface area contributed by atoms with E-state index in [1.54, 1.807) is 0 Å². The molecule has 0 spiro atoms. The van der Waals surface area contributed by atoms with Crippen LogP contribution in [0.4, 0.5) is 0 Å². The SMILES string of the molecule is CCC1(OC(=O)C(C)(CC)CCCC(C)(CCCC(C)(CCCC(C)C(=O)OC23CC4CC(CC(O)(C4)C2)C3)C(=O)OCC(=O)OC2C3CC4C(=O)OC2C4C3)C(=O)OC2(C)CCCC2)CCCC1. The lowest BCUT2D eigenvalue weighted by Crippen LogP contribution is -2.60. The summed E-state index contributed by atoms with van der Waals surface area (Å²) >= 11 is 0. The maximum absolute atomic E-state index is 14.4. The molecule has 0 amide bonds. The van der Waals surface area contributed by atoms with Gasteiger partial charge in [0.15, 0.2) is 6.61 Å². The Morgan fingerprint density at radius 1 is 0.739 bits per heavy atom. The Hall–Kier alpha value is -3.22. The number of esters is 6. The van der Waals surface area contributed by atoms with E-state index in [9.17, 15) is 33.9 Å². The van der Waals surface area contributed by atoms with Crippen LogP contribution in [0.25, 0.3) is 0 Å². The third-order valence-corrected chi connectivity index (χ3v) is 19.7. The van der Waals surface area contributed by atoms with Crippen LogP contribution in [-0.4, -0.2) is 82.1 Å². The van der Waals surface area contributed by atoms with Gasteiger partial charge < -0.3 is 33.5 Å². The average Bonchev–Trinajstić information content (AvgIpc) is 4.12. The van der Waals surface area contributed by atoms with Gasteiger partial charge >= 0.3 is 35.8 Å². The number of carbonyl (C=O) groups is 6. The highest BCUT2D eigenvalue weighted by atomic mass is 16.6. The van der Waals surface area contributed by atoms with E-state index in [0.29, 0.717) is 88.9 Å². The van der Waals surface area contributed by atoms with Crippen LogP contribution in [0, 0.1) is 51.8 Å². The fraction of sp³-hybridized carbons (Fsp3) is 0.893. The van der Waals surface area contributed by atoms with Crippen LogP contribution in [0.2, 0.25) is 0 Å². The summed E-state index contributed by atoms with van der Waals surface area (Å²) in [6.45, 7) is 13.2. The molecule has 1 N–H and O–H groups in total. The Labute approximate surface area is 411 Å². The molecule has 9 aliphatic rings. The van der Waals surface area contributed by atoms with Crippen molar-refractivity contribution in [1.82, 2.24) is 0 Å². The molecule has 1 aliphatic heterocycles. The zero-order chi connectivity index (χ0) is 49.6. The summed E-state index contributed by atoms with van der Waals surface area (Å²) in [5, 5.41) is 11.3. The van der Waals surface area contributed by atoms with Crippen molar-refractivity contribution in [2.24, 2.45) is 51.8 Å². The molecule has 11 unspecified atom stereocenters. The third-order valence-electron chi connectivity index (χ3n) is 19.7. The first-order chi connectivity index (χ1) is 32.6. The molecule has 11 atom stereocenters. The van der Waals surface area contributed by atoms with Crippen molar-refractivity contribution >= 4 is 35.8 Å². The van der Waals surface area contributed by atoms with Crippen LogP contribution in [-0.2, 0) is 57.2 Å². The highest BCUT2D eigenvalue weighted by molar-refractivity contribution is 5.81. The predicted molar refractivity (Wildman–Crippen MR) is 255 cm³/mol. The van der Waals surface area contributed by atoms with Gasteiger partial charge in [-0.2, -0.15) is 0 Å². The molecule has 9 rings (SSSR count). The minimum atomic E-state index is -1.07. The van der Waals surface area contributed by atoms with Gasteiger partial charge in [-0.3, -0.25) is 24.0 Å². The van der Waals surface area contributed by atoms with E-state index in [4.69, 9.17) is 28.4 Å². The maximum Gasteiger partial charge on any atom is 0.344 e. The minimum Gasteiger partial charge on any atom is -0.459 e. The molecule has 1 saturated heterocycles. The van der Waals surface area contributed by atoms with E-state index in [1.807, 2.05) is 41.5 Å². The zero-order valence-corrected chi connectivity index (χ0v) is 43.3. The number of hydrogen-bond acceptors (Lipinski definition) is 13. The lowest BCUT2D eigenvalue weighted by atomic mass is 9.52. The largest absolute Gasteiger partial charge is 0.459 e. The van der Waals surface area contributed by atoms with Crippen LogP contribution in [0.15, 0.2) is 0 Å². The van der Waals surface area contributed by atoms with Crippen LogP contribution >= 0.6 is 0 Å². The molecule has 0 aromatic rings. The monoisotopic (exact) mass is 967 g/mol. The summed E-state index contributed by atoms with van der Waals surface area (Å²) in [7, 11) is 0. The van der Waals surface area contributed by atoms with E-state index in [1.165, 1.54) is 0 Å². The van der Waals surface area contributed by atoms with Crippen LogP contribution < -0.4 is 0 Å². The third kappa shape index (κ3) is 11.1. The Morgan fingerprint density at radius 3 is 1.93 bits per heavy atom. The number of hydrogen-bond donors (Lipinski definition) is 1. The van der Waals surface area contributed by atoms with Gasteiger partial charge in [-0.25, -0.2) is 4.79 Å². The molecule has 0 aromatic carbocycles. The van der Waals surface area contributed by atoms with Crippen molar-refractivity contribution in [2.75, 3.05) is 6.61 Å². The quantitative estimate of drug-likeness (QED) is 0.0714. The molecule has 6 bridgehead atoms. The van der Waals surface area contributed by atoms with E-state index < -0.39 is 69.7 Å². The topological polar surface area (TPSA) is 178 Å². The highest BCUT2D eigenvalue weighted by Gasteiger charge is 2.63. The second kappa shape index (κ2) is 20.0. The number of ether oxygens (including phenoxy) is 6. The molecule has 8 saturated carbocycles. The molecule has 8 aliphatic carbocycles. The smallest absolute Gasteiger partial charge is 0.344 e. The van der Waals surface area contributed by atoms with Crippen molar-refractivity contribution in [3.8, 4) is 0 Å². The lowest BCUT2D eigenvalue weighted by molar-refractivity contribution is -0.222. The molecule has 13 nitrogen and oxygen atoms in total. The predicted octanol–water partition coefficient (Wildman–Crippen LogP) is 10.4. The molecule has 9 fully saturated rings. The first-order valence-corrected chi connectivity index (χ1v) is 27.6. The number of aliphatic hydroxyl groups is 1. The van der Waals surface area contributed by atoms with Gasteiger partial charge in [0.1, 0.15) is 29.0 Å². The Bertz CT molecular complexity index is 1920. The Kier molecular flexibility index (Phi) is 15.1. The standard InChI is InChI=1S/C56H86O13/c1-8-50(4,48(61)69-55(9-2)25-12-13-26-55)19-15-21-52(6,49(62)68-53(7)23-10-11-24-53)22-16-20-51(5,47(60)64-34-42(57)65-43-39-28-40-41(29-39)46(59)66-44(40)43)18-14-17-36(3)45(58)67-56-32-37-27-38(33-56)31-54(63,30-37)35-56/h36-41,43-44,63H,8-35H2,1-7H3. The van der Waals surface area contributed by atoms with Gasteiger partial charge in [0.25, 0.3) is 0 Å². The average molecular weight is 967 g/mol. The Balaban J connectivity index is 0.917. The molecular weight excluding hydrogens is 881 g/mol. The van der Waals surface area contributed by atoms with Crippen molar-refractivity contribution in [2.45, 2.75) is 256 Å². The summed E-state index contributed by atoms with van der Waals surface area (Å²) in [5.41, 5.74) is -4.94. The second-order valence-electron chi connectivity index (χ2n) is 25.4. The van der Waals surface area contributed by atoms with Gasteiger partial charge in [-0.1, -0.05) is 40.0 Å². The summed E-state index contributed by atoms with van der Waals surface area (Å²) < 4.78 is 36.2. The van der Waals surface area contributed by atoms with Crippen molar-refractivity contribution in [3.63, 3.8) is 0 Å². The van der Waals surface area contributed by atoms with Gasteiger partial charge in [0.2, 0.25) is 0 Å². The molecular formula is C56H86O13. The number of rotatable bonds is 24. The Morgan fingerprint density at radius 2 is 1.32 bits per heavy atom. The van der Waals surface area contributed by atoms with Crippen LogP contribution in [0.5, 0.6) is 0 Å². The fourth-order valence-electron chi connectivity index (χ4n) is 15.3. The lowest BCUT2D eigenvalue weighted by Gasteiger charge is -2.59. The summed E-state index contributed by atoms with van der Waals surface area (Å²) in [6, 6.07) is 0. The highest BCUT2D eigenvalue weighted by Crippen LogP contribution is 2.59. The zero-order valence-electron chi connectivity index (χ0n) is 43.3. The summed E-state index contributed by atoms with van der Waals surface area (Å²) in [4.78, 5) is 81.9. The summed E-state index contributed by atoms with van der Waals surface area (Å²) in [6.07, 6.45) is 18.5. The van der Waals surface area contributed by atoms with Crippen molar-refractivity contribution in [3.05, 3.63) is 0 Å².